The van der Waals surface area contributed by atoms with Crippen LogP contribution >= 0.6 is 0 Å². The molecule has 8 nitrogen and oxygen atoms in total. The van der Waals surface area contributed by atoms with E-state index >= 15 is 0 Å². The van der Waals surface area contributed by atoms with Gasteiger partial charge in [-0.15, -0.1) is 10.1 Å². The number of likely N-dealkylation sites (N-methyl/N-ethyl adjacent to an activating group) is 2. The standard InChI is InChI=1S/C11H15N6O2/c1-6-5-17-7-8(12-10(17)16(4)13-6)14(2)11(19)15(3)9(7)18/h7H,5H2,1-4H3/q+1. The van der Waals surface area contributed by atoms with E-state index in [4.69, 9.17) is 0 Å². The largest absolute Gasteiger partial charge is 0.416 e. The molecule has 19 heavy (non-hydrogen) atoms. The maximum Gasteiger partial charge on any atom is 0.416 e. The Morgan fingerprint density at radius 2 is 1.89 bits per heavy atom. The van der Waals surface area contributed by atoms with Crippen LogP contribution in [0.4, 0.5) is 4.79 Å². The fourth-order valence-electron chi connectivity index (χ4n) is 2.58. The van der Waals surface area contributed by atoms with Gasteiger partial charge in [-0.25, -0.2) is 9.37 Å². The van der Waals surface area contributed by atoms with E-state index in [1.165, 1.54) is 11.9 Å². The predicted molar refractivity (Wildman–Crippen MR) is 68.2 cm³/mol. The fourth-order valence-corrected chi connectivity index (χ4v) is 2.58. The SMILES string of the molecule is CC1=NN(C)C2=[N+](C1)C1C(=O)N(C)C(=O)N(C)C1=N2. The summed E-state index contributed by atoms with van der Waals surface area (Å²) in [6.07, 6.45) is 0. The van der Waals surface area contributed by atoms with Crippen LogP contribution in [0.15, 0.2) is 10.1 Å². The van der Waals surface area contributed by atoms with Crippen molar-refractivity contribution in [2.45, 2.75) is 13.0 Å². The summed E-state index contributed by atoms with van der Waals surface area (Å²) in [6.45, 7) is 2.44. The van der Waals surface area contributed by atoms with E-state index < -0.39 is 6.04 Å². The van der Waals surface area contributed by atoms with Gasteiger partial charge in [0.05, 0.1) is 12.8 Å². The normalized spacial score (nSPS) is 26.5. The second kappa shape index (κ2) is 3.62. The molecule has 3 aliphatic heterocycles. The lowest BCUT2D eigenvalue weighted by Gasteiger charge is -2.32. The summed E-state index contributed by atoms with van der Waals surface area (Å²) in [5, 5.41) is 5.94. The summed E-state index contributed by atoms with van der Waals surface area (Å²) in [5.74, 6) is 0.828. The average molecular weight is 263 g/mol. The number of hydrogen-bond acceptors (Lipinski definition) is 5. The van der Waals surface area contributed by atoms with Crippen LogP contribution in [0.2, 0.25) is 0 Å². The summed E-state index contributed by atoms with van der Waals surface area (Å²) in [4.78, 5) is 31.2. The number of aliphatic imine (C=N–C) groups is 1. The third-order valence-corrected chi connectivity index (χ3v) is 3.52. The van der Waals surface area contributed by atoms with E-state index in [1.807, 2.05) is 11.5 Å². The molecule has 3 amide bonds. The molecule has 0 N–H and O–H groups in total. The average Bonchev–Trinajstić information content (AvgIpc) is 2.73. The Balaban J connectivity index is 2.08. The van der Waals surface area contributed by atoms with Crippen LogP contribution in [0.25, 0.3) is 0 Å². The lowest BCUT2D eigenvalue weighted by Crippen LogP contribution is -2.62. The second-order valence-corrected chi connectivity index (χ2v) is 4.90. The number of imide groups is 1. The molecule has 8 heteroatoms. The predicted octanol–water partition coefficient (Wildman–Crippen LogP) is -1.02. The van der Waals surface area contributed by atoms with E-state index in [1.54, 1.807) is 19.1 Å². The lowest BCUT2D eigenvalue weighted by atomic mass is 10.1. The zero-order valence-corrected chi connectivity index (χ0v) is 11.3. The molecule has 0 radical (unpaired) electrons. The van der Waals surface area contributed by atoms with Crippen LogP contribution in [0.5, 0.6) is 0 Å². The van der Waals surface area contributed by atoms with E-state index in [-0.39, 0.29) is 11.9 Å². The first-order valence-electron chi connectivity index (χ1n) is 5.97. The number of nitrogens with zero attached hydrogens (tertiary/aromatic N) is 6. The Morgan fingerprint density at radius 3 is 2.58 bits per heavy atom. The molecule has 1 unspecified atom stereocenters. The Bertz CT molecular complexity index is 590. The summed E-state index contributed by atoms with van der Waals surface area (Å²) >= 11 is 0. The highest BCUT2D eigenvalue weighted by atomic mass is 16.2. The summed E-state index contributed by atoms with van der Waals surface area (Å²) < 4.78 is 1.87. The van der Waals surface area contributed by atoms with Gasteiger partial charge in [0.15, 0.2) is 0 Å². The first-order chi connectivity index (χ1) is 8.91. The van der Waals surface area contributed by atoms with Gasteiger partial charge in [-0.2, -0.15) is 0 Å². The Kier molecular flexibility index (Phi) is 2.25. The zero-order valence-electron chi connectivity index (χ0n) is 11.3. The molecular formula is C11H15N6O2+. The molecule has 0 aromatic heterocycles. The number of hydrogen-bond donors (Lipinski definition) is 0. The van der Waals surface area contributed by atoms with Crippen molar-refractivity contribution in [2.75, 3.05) is 27.7 Å². The topological polar surface area (TPSA) is 71.6 Å². The van der Waals surface area contributed by atoms with E-state index in [2.05, 4.69) is 10.1 Å². The van der Waals surface area contributed by atoms with Crippen LogP contribution in [0.3, 0.4) is 0 Å². The number of amidine groups is 1. The molecule has 1 saturated heterocycles. The van der Waals surface area contributed by atoms with Crippen LogP contribution in [0, 0.1) is 0 Å². The summed E-state index contributed by atoms with van der Waals surface area (Å²) in [7, 11) is 4.90. The molecular weight excluding hydrogens is 248 g/mol. The number of rotatable bonds is 0. The van der Waals surface area contributed by atoms with Gasteiger partial charge in [0.1, 0.15) is 6.54 Å². The highest BCUT2D eigenvalue weighted by Crippen LogP contribution is 2.21. The van der Waals surface area contributed by atoms with Gasteiger partial charge in [0.2, 0.25) is 11.9 Å². The second-order valence-electron chi connectivity index (χ2n) is 4.90. The number of carbonyl (C=O) groups excluding carboxylic acids is 2. The quantitative estimate of drug-likeness (QED) is 0.525. The smallest absolute Gasteiger partial charge is 0.270 e. The molecule has 1 atom stereocenters. The van der Waals surface area contributed by atoms with Gasteiger partial charge in [-0.05, 0) is 6.92 Å². The molecule has 1 fully saturated rings. The molecule has 100 valence electrons. The number of hydrazone groups is 1. The third kappa shape index (κ3) is 1.42. The Morgan fingerprint density at radius 1 is 1.21 bits per heavy atom. The number of guanidine groups is 1. The third-order valence-electron chi connectivity index (χ3n) is 3.52. The van der Waals surface area contributed by atoms with Gasteiger partial charge in [-0.3, -0.25) is 14.6 Å². The van der Waals surface area contributed by atoms with Crippen LogP contribution < -0.4 is 0 Å². The molecule has 0 bridgehead atoms. The highest BCUT2D eigenvalue weighted by Gasteiger charge is 2.53. The molecule has 3 aliphatic rings. The minimum atomic E-state index is -0.532. The molecule has 3 heterocycles. The fraction of sp³-hybridized carbons (Fsp3) is 0.545. The van der Waals surface area contributed by atoms with Gasteiger partial charge < -0.3 is 0 Å². The Hall–Kier alpha value is -2.25. The van der Waals surface area contributed by atoms with Crippen molar-refractivity contribution in [3.8, 4) is 0 Å². The zero-order chi connectivity index (χ0) is 13.9. The van der Waals surface area contributed by atoms with Gasteiger partial charge >= 0.3 is 12.0 Å². The molecule has 0 spiro atoms. The molecule has 0 aromatic carbocycles. The van der Waals surface area contributed by atoms with Crippen LogP contribution in [-0.2, 0) is 4.79 Å². The lowest BCUT2D eigenvalue weighted by molar-refractivity contribution is -0.527. The van der Waals surface area contributed by atoms with Crippen molar-refractivity contribution in [1.29, 1.82) is 0 Å². The van der Waals surface area contributed by atoms with Gasteiger partial charge in [0, 0.05) is 14.1 Å². The molecule has 3 rings (SSSR count). The first kappa shape index (κ1) is 11.8. The first-order valence-corrected chi connectivity index (χ1v) is 5.97. The minimum Gasteiger partial charge on any atom is -0.270 e. The Labute approximate surface area is 110 Å². The van der Waals surface area contributed by atoms with Crippen LogP contribution in [-0.4, -0.2) is 82.6 Å². The van der Waals surface area contributed by atoms with E-state index in [9.17, 15) is 9.59 Å². The number of fused-ring (bicyclic) bond motifs is 2. The van der Waals surface area contributed by atoms with Crippen molar-refractivity contribution < 1.29 is 14.2 Å². The molecule has 0 aliphatic carbocycles. The highest BCUT2D eigenvalue weighted by molar-refractivity contribution is 6.23. The number of urea groups is 1. The maximum absolute atomic E-state index is 12.3. The minimum absolute atomic E-state index is 0.250. The van der Waals surface area contributed by atoms with Crippen LogP contribution in [0.1, 0.15) is 6.92 Å². The van der Waals surface area contributed by atoms with Gasteiger partial charge in [0.25, 0.3) is 5.91 Å². The molecule has 0 saturated carbocycles. The van der Waals surface area contributed by atoms with E-state index in [0.717, 1.165) is 10.6 Å². The van der Waals surface area contributed by atoms with E-state index in [0.29, 0.717) is 18.3 Å². The number of carbonyl (C=O) groups is 2. The number of amides is 3. The van der Waals surface area contributed by atoms with Gasteiger partial charge in [-0.1, -0.05) is 4.99 Å². The summed E-state index contributed by atoms with van der Waals surface area (Å²) in [6, 6.07) is -0.892. The van der Waals surface area contributed by atoms with Crippen molar-refractivity contribution in [1.82, 2.24) is 14.8 Å². The monoisotopic (exact) mass is 263 g/mol. The summed E-state index contributed by atoms with van der Waals surface area (Å²) in [5.41, 5.74) is 0.901. The van der Waals surface area contributed by atoms with Crippen molar-refractivity contribution >= 4 is 29.4 Å². The maximum atomic E-state index is 12.3. The molecule has 0 aromatic rings. The van der Waals surface area contributed by atoms with Crippen molar-refractivity contribution in [2.24, 2.45) is 10.1 Å². The van der Waals surface area contributed by atoms with Crippen molar-refractivity contribution in [3.63, 3.8) is 0 Å². The van der Waals surface area contributed by atoms with Crippen molar-refractivity contribution in [3.05, 3.63) is 0 Å².